The second-order valence-electron chi connectivity index (χ2n) is 7.19. The quantitative estimate of drug-likeness (QED) is 0.256. The normalized spacial score (nSPS) is 12.3. The van der Waals surface area contributed by atoms with Crippen molar-refractivity contribution in [3.8, 4) is 11.6 Å². The van der Waals surface area contributed by atoms with Crippen LogP contribution in [-0.4, -0.2) is 24.7 Å². The first-order chi connectivity index (χ1) is 12.7. The Bertz CT molecular complexity index is 589. The minimum Gasteiger partial charge on any atom is -0.769 e. The Morgan fingerprint density at radius 2 is 1.33 bits per heavy atom. The van der Waals surface area contributed by atoms with E-state index in [1.54, 1.807) is 31.1 Å². The molecule has 1 atom stereocenters. The summed E-state index contributed by atoms with van der Waals surface area (Å²) in [5, 5.41) is 0. The third-order valence-electron chi connectivity index (χ3n) is 4.21. The summed E-state index contributed by atoms with van der Waals surface area (Å²) in [6, 6.07) is 5.48. The summed E-state index contributed by atoms with van der Waals surface area (Å²) in [5.41, 5.74) is 4.40. The van der Waals surface area contributed by atoms with E-state index < -0.39 is 27.4 Å². The molecule has 0 radical (unpaired) electrons. The van der Waals surface area contributed by atoms with E-state index in [0.29, 0.717) is 5.56 Å². The van der Waals surface area contributed by atoms with Crippen LogP contribution in [-0.2, 0) is 4.57 Å². The molecule has 0 aliphatic carbocycles. The van der Waals surface area contributed by atoms with Crippen LogP contribution in [0.5, 0.6) is 0 Å². The van der Waals surface area contributed by atoms with E-state index in [0.717, 1.165) is 11.1 Å². The Balaban J connectivity index is 0.000000503. The van der Waals surface area contributed by atoms with Crippen molar-refractivity contribution in [1.82, 2.24) is 0 Å². The monoisotopic (exact) mass is 500 g/mol. The van der Waals surface area contributed by atoms with Gasteiger partial charge in [-0.3, -0.25) is 4.57 Å². The molecule has 0 aliphatic rings. The summed E-state index contributed by atoms with van der Waals surface area (Å²) in [7, 11) is -4.47. The molecule has 27 heavy (non-hydrogen) atoms. The van der Waals surface area contributed by atoms with Crippen LogP contribution in [0.2, 0.25) is 13.3 Å². The maximum absolute atomic E-state index is 10.4. The molecule has 0 aliphatic heterocycles. The van der Waals surface area contributed by atoms with E-state index in [-0.39, 0.29) is 0 Å². The Morgan fingerprint density at radius 1 is 0.926 bits per heavy atom. The summed E-state index contributed by atoms with van der Waals surface area (Å²) < 4.78 is 15.4. The van der Waals surface area contributed by atoms with Crippen LogP contribution in [0.4, 0.5) is 0 Å². The number of hydrogen-bond donors (Lipinski definition) is 1. The average Bonchev–Trinajstić information content (AvgIpc) is 2.58. The SMILES string of the molecule is CCC[CH2][Sn+]([CH2]CCC)[CH2]CCC.Cc1cc(C)cc(C#CP(=O)([O-])O)c1. The standard InChI is InChI=1S/C10H11O3P.3C4H9.Sn/c1-8-5-9(2)7-10(6-8)3-4-14(11,12)13;3*1-3-4-2;/h5-7H,1-2H3,(H2,11,12,13);3*1,3-4H2,2H3;/q;;;;+1/p-1. The molecule has 0 heterocycles. The van der Waals surface area contributed by atoms with Gasteiger partial charge < -0.3 is 9.79 Å². The van der Waals surface area contributed by atoms with Gasteiger partial charge in [-0.15, -0.1) is 0 Å². The van der Waals surface area contributed by atoms with Gasteiger partial charge in [0.1, 0.15) is 0 Å². The Morgan fingerprint density at radius 3 is 1.67 bits per heavy atom. The zero-order valence-corrected chi connectivity index (χ0v) is 21.6. The minimum absolute atomic E-state index is 0.590. The second kappa shape index (κ2) is 15.6. The van der Waals surface area contributed by atoms with Gasteiger partial charge in [0.05, 0.1) is 0 Å². The van der Waals surface area contributed by atoms with E-state index >= 15 is 0 Å². The fraction of sp³-hybridized carbons (Fsp3) is 0.636. The third kappa shape index (κ3) is 16.4. The second-order valence-corrected chi connectivity index (χ2v) is 17.0. The molecule has 0 spiro atoms. The molecule has 0 saturated carbocycles. The molecule has 5 heteroatoms. The first kappa shape index (κ1) is 26.7. The van der Waals surface area contributed by atoms with Crippen LogP contribution in [0.1, 0.15) is 76.0 Å². The third-order valence-corrected chi connectivity index (χ3v) is 13.7. The summed E-state index contributed by atoms with van der Waals surface area (Å²) in [5.74, 6) is 2.39. The number of rotatable bonds is 9. The molecular weight excluding hydrogens is 462 g/mol. The molecule has 1 N–H and O–H groups in total. The van der Waals surface area contributed by atoms with E-state index in [9.17, 15) is 9.46 Å². The zero-order valence-electron chi connectivity index (χ0n) is 17.8. The largest absolute Gasteiger partial charge is 0.769 e. The molecule has 3 nitrogen and oxygen atoms in total. The van der Waals surface area contributed by atoms with Gasteiger partial charge in [-0.2, -0.15) is 0 Å². The molecule has 0 bridgehead atoms. The molecule has 1 unspecified atom stereocenters. The Hall–Kier alpha value is -0.271. The minimum atomic E-state index is -4.47. The maximum Gasteiger partial charge on any atom is 0.206 e. The van der Waals surface area contributed by atoms with Crippen molar-refractivity contribution < 1.29 is 14.4 Å². The first-order valence-corrected chi connectivity index (χ1v) is 17.8. The van der Waals surface area contributed by atoms with Gasteiger partial charge in [-0.05, 0) is 42.8 Å². The molecule has 0 amide bonds. The molecule has 0 saturated heterocycles. The topological polar surface area (TPSA) is 60.4 Å². The van der Waals surface area contributed by atoms with Crippen LogP contribution in [0.3, 0.4) is 0 Å². The predicted molar refractivity (Wildman–Crippen MR) is 118 cm³/mol. The molecule has 1 aromatic carbocycles. The molecule has 0 fully saturated rings. The summed E-state index contributed by atoms with van der Waals surface area (Å²) in [4.78, 5) is 18.8. The fourth-order valence-corrected chi connectivity index (χ4v) is 12.6. The van der Waals surface area contributed by atoms with Gasteiger partial charge in [0.15, 0.2) is 0 Å². The number of hydrogen-bond acceptors (Lipinski definition) is 2. The van der Waals surface area contributed by atoms with Crippen LogP contribution < -0.4 is 4.89 Å². The van der Waals surface area contributed by atoms with Crippen molar-refractivity contribution in [2.75, 3.05) is 0 Å². The van der Waals surface area contributed by atoms with Crippen molar-refractivity contribution in [2.24, 2.45) is 0 Å². The summed E-state index contributed by atoms with van der Waals surface area (Å²) in [6.45, 7) is 10.8. The van der Waals surface area contributed by atoms with E-state index in [4.69, 9.17) is 4.89 Å². The number of benzene rings is 1. The average molecular weight is 499 g/mol. The smallest absolute Gasteiger partial charge is 0.206 e. The number of aryl methyl sites for hydroxylation is 2. The van der Waals surface area contributed by atoms with Crippen molar-refractivity contribution in [1.29, 1.82) is 0 Å². The van der Waals surface area contributed by atoms with Crippen LogP contribution in [0.15, 0.2) is 18.2 Å². The fourth-order valence-electron chi connectivity index (χ4n) is 2.84. The van der Waals surface area contributed by atoms with Crippen molar-refractivity contribution in [3.05, 3.63) is 34.9 Å². The van der Waals surface area contributed by atoms with Crippen LogP contribution in [0, 0.1) is 25.4 Å². The van der Waals surface area contributed by atoms with E-state index in [1.807, 2.05) is 19.9 Å². The molecule has 0 aromatic heterocycles. The van der Waals surface area contributed by atoms with E-state index in [1.165, 1.54) is 38.5 Å². The van der Waals surface area contributed by atoms with Crippen molar-refractivity contribution in [2.45, 2.75) is 86.5 Å². The van der Waals surface area contributed by atoms with E-state index in [2.05, 4.69) is 26.7 Å². The van der Waals surface area contributed by atoms with Gasteiger partial charge >= 0.3 is 92.4 Å². The van der Waals surface area contributed by atoms with Gasteiger partial charge in [-0.25, -0.2) is 0 Å². The Kier molecular flexibility index (Phi) is 15.5. The maximum atomic E-state index is 10.4. The van der Waals surface area contributed by atoms with Gasteiger partial charge in [0, 0.05) is 5.56 Å². The van der Waals surface area contributed by atoms with Crippen LogP contribution >= 0.6 is 7.60 Å². The predicted octanol–water partition coefficient (Wildman–Crippen LogP) is 6.04. The van der Waals surface area contributed by atoms with Crippen molar-refractivity contribution in [3.63, 3.8) is 0 Å². The van der Waals surface area contributed by atoms with Crippen LogP contribution in [0.25, 0.3) is 0 Å². The first-order valence-electron chi connectivity index (χ1n) is 10.2. The van der Waals surface area contributed by atoms with Gasteiger partial charge in [0.25, 0.3) is 0 Å². The summed E-state index contributed by atoms with van der Waals surface area (Å²) >= 11 is -0.839. The van der Waals surface area contributed by atoms with Gasteiger partial charge in [-0.1, -0.05) is 12.0 Å². The Labute approximate surface area is 174 Å². The van der Waals surface area contributed by atoms with Crippen molar-refractivity contribution >= 4 is 27.4 Å². The molecule has 1 rings (SSSR count). The zero-order chi connectivity index (χ0) is 20.7. The number of unbranched alkanes of at least 4 members (excludes halogenated alkanes) is 3. The molecule has 152 valence electrons. The van der Waals surface area contributed by atoms with Gasteiger partial charge in [0.2, 0.25) is 7.60 Å². The molecule has 1 aromatic rings. The summed E-state index contributed by atoms with van der Waals surface area (Å²) in [6.07, 6.45) is 8.85. The molecular formula is C22H37O3PSn.